The van der Waals surface area contributed by atoms with Crippen molar-refractivity contribution in [2.75, 3.05) is 24.8 Å². The number of hydrogen-bond acceptors (Lipinski definition) is 12. The van der Waals surface area contributed by atoms with Crippen LogP contribution in [0.1, 0.15) is 20.8 Å². The van der Waals surface area contributed by atoms with Crippen LogP contribution in [-0.4, -0.2) is 78.8 Å². The minimum absolute atomic E-state index is 0.0250. The summed E-state index contributed by atoms with van der Waals surface area (Å²) in [6.45, 7) is 3.33. The molecule has 0 unspecified atom stereocenters. The molecule has 0 radical (unpaired) electrons. The SMILES string of the molecule is COC(=O)[C@H]1O[C@@H](NC(=S)N(C)c2cc(-c3ccccc3)cnc2N)[C@H](OC(C)=O)[C@@H](OC(C)=O)[C@@H]1OC(C)=O. The largest absolute Gasteiger partial charge is 0.467 e. The second-order valence-corrected chi connectivity index (χ2v) is 9.11. The van der Waals surface area contributed by atoms with Crippen LogP contribution in [-0.2, 0) is 42.9 Å². The van der Waals surface area contributed by atoms with Crippen molar-refractivity contribution in [3.05, 3.63) is 42.6 Å². The zero-order valence-electron chi connectivity index (χ0n) is 22.5. The van der Waals surface area contributed by atoms with Crippen LogP contribution >= 0.6 is 12.2 Å². The predicted molar refractivity (Wildman–Crippen MR) is 146 cm³/mol. The van der Waals surface area contributed by atoms with Crippen molar-refractivity contribution in [2.24, 2.45) is 0 Å². The van der Waals surface area contributed by atoms with E-state index in [1.54, 1.807) is 19.3 Å². The van der Waals surface area contributed by atoms with Crippen molar-refractivity contribution in [1.82, 2.24) is 10.3 Å². The number of benzene rings is 1. The van der Waals surface area contributed by atoms with Crippen molar-refractivity contribution in [2.45, 2.75) is 51.4 Å². The number of rotatable bonds is 7. The number of nitrogens with zero attached hydrogens (tertiary/aromatic N) is 2. The fourth-order valence-corrected chi connectivity index (χ4v) is 4.30. The third-order valence-electron chi connectivity index (χ3n) is 5.81. The highest BCUT2D eigenvalue weighted by molar-refractivity contribution is 7.80. The molecule has 1 aromatic carbocycles. The van der Waals surface area contributed by atoms with E-state index in [4.69, 9.17) is 41.6 Å². The van der Waals surface area contributed by atoms with Gasteiger partial charge in [-0.05, 0) is 23.8 Å². The van der Waals surface area contributed by atoms with Gasteiger partial charge in [-0.2, -0.15) is 0 Å². The van der Waals surface area contributed by atoms with Gasteiger partial charge in [-0.1, -0.05) is 30.3 Å². The number of aromatic nitrogens is 1. The number of anilines is 2. The van der Waals surface area contributed by atoms with Crippen molar-refractivity contribution >= 4 is 52.7 Å². The molecule has 1 fully saturated rings. The summed E-state index contributed by atoms with van der Waals surface area (Å²) in [6.07, 6.45) is -5.65. The Kier molecular flexibility index (Phi) is 9.96. The van der Waals surface area contributed by atoms with Gasteiger partial charge in [-0.15, -0.1) is 0 Å². The maximum Gasteiger partial charge on any atom is 0.339 e. The van der Waals surface area contributed by atoms with Gasteiger partial charge in [0.05, 0.1) is 12.8 Å². The predicted octanol–water partition coefficient (Wildman–Crippen LogP) is 1.33. The number of carbonyl (C=O) groups is 4. The van der Waals surface area contributed by atoms with E-state index in [-0.39, 0.29) is 10.9 Å². The monoisotopic (exact) mass is 574 g/mol. The van der Waals surface area contributed by atoms with Gasteiger partial charge < -0.3 is 39.6 Å². The molecule has 0 bridgehead atoms. The first-order valence-electron chi connectivity index (χ1n) is 12.0. The van der Waals surface area contributed by atoms with Crippen LogP contribution in [0, 0.1) is 0 Å². The lowest BCUT2D eigenvalue weighted by atomic mass is 9.97. The third-order valence-corrected chi connectivity index (χ3v) is 6.21. The lowest BCUT2D eigenvalue weighted by Crippen LogP contribution is -2.67. The Morgan fingerprint density at radius 3 is 2.10 bits per heavy atom. The second kappa shape index (κ2) is 13.2. The number of nitrogens with two attached hydrogens (primary N) is 1. The van der Waals surface area contributed by atoms with E-state index >= 15 is 0 Å². The second-order valence-electron chi connectivity index (χ2n) is 8.73. The van der Waals surface area contributed by atoms with Crippen LogP contribution in [0.25, 0.3) is 11.1 Å². The summed E-state index contributed by atoms with van der Waals surface area (Å²) in [5.74, 6) is -3.12. The first-order chi connectivity index (χ1) is 18.9. The van der Waals surface area contributed by atoms with Crippen molar-refractivity contribution in [3.8, 4) is 11.1 Å². The van der Waals surface area contributed by atoms with E-state index in [9.17, 15) is 19.2 Å². The lowest BCUT2D eigenvalue weighted by molar-refractivity contribution is -0.250. The highest BCUT2D eigenvalue weighted by atomic mass is 32.1. The molecule has 3 N–H and O–H groups in total. The van der Waals surface area contributed by atoms with Gasteiger partial charge in [0.15, 0.2) is 35.8 Å². The molecule has 0 saturated carbocycles. The van der Waals surface area contributed by atoms with Gasteiger partial charge in [-0.25, -0.2) is 9.78 Å². The summed E-state index contributed by atoms with van der Waals surface area (Å²) in [5, 5.41) is 2.91. The number of ether oxygens (including phenoxy) is 5. The Morgan fingerprint density at radius 1 is 0.950 bits per heavy atom. The van der Waals surface area contributed by atoms with Crippen molar-refractivity contribution in [1.29, 1.82) is 0 Å². The summed E-state index contributed by atoms with van der Waals surface area (Å²) in [4.78, 5) is 54.3. The molecule has 0 aliphatic carbocycles. The van der Waals surface area contributed by atoms with Crippen LogP contribution < -0.4 is 16.0 Å². The van der Waals surface area contributed by atoms with Gasteiger partial charge >= 0.3 is 23.9 Å². The van der Waals surface area contributed by atoms with Crippen molar-refractivity contribution in [3.63, 3.8) is 0 Å². The summed E-state index contributed by atoms with van der Waals surface area (Å²) >= 11 is 5.59. The summed E-state index contributed by atoms with van der Waals surface area (Å²) < 4.78 is 26.7. The van der Waals surface area contributed by atoms with E-state index < -0.39 is 54.5 Å². The lowest BCUT2D eigenvalue weighted by Gasteiger charge is -2.44. The zero-order valence-corrected chi connectivity index (χ0v) is 23.3. The number of carbonyl (C=O) groups excluding carboxylic acids is 4. The van der Waals surface area contributed by atoms with Crippen LogP contribution in [0.2, 0.25) is 0 Å². The topological polar surface area (TPSA) is 169 Å². The maximum atomic E-state index is 12.6. The summed E-state index contributed by atoms with van der Waals surface area (Å²) in [5.41, 5.74) is 8.26. The number of pyridine rings is 1. The molecule has 2 aromatic rings. The quantitative estimate of drug-likeness (QED) is 0.276. The van der Waals surface area contributed by atoms with Gasteiger partial charge in [-0.3, -0.25) is 14.4 Å². The molecule has 40 heavy (non-hydrogen) atoms. The number of hydrogen-bond donors (Lipinski definition) is 2. The smallest absolute Gasteiger partial charge is 0.339 e. The first-order valence-corrected chi connectivity index (χ1v) is 12.4. The van der Waals surface area contributed by atoms with Gasteiger partial charge in [0.25, 0.3) is 0 Å². The molecule has 5 atom stereocenters. The zero-order chi connectivity index (χ0) is 29.6. The minimum Gasteiger partial charge on any atom is -0.467 e. The Labute approximate surface area is 235 Å². The standard InChI is InChI=1S/C26H30N4O9S/c1-13(31)36-19-20(37-14(2)32)22(25(34)35-5)39-24(21(19)38-15(3)33)29-26(40)30(4)18-11-17(12-28-23(18)27)16-9-7-6-8-10-16/h6-12,19-22,24H,1-5H3,(H2,27,28)(H,29,40)/t19-,20-,21+,22-,24+/m0/s1. The minimum atomic E-state index is -1.57. The summed E-state index contributed by atoms with van der Waals surface area (Å²) in [7, 11) is 2.72. The van der Waals surface area contributed by atoms with Crippen LogP contribution in [0.5, 0.6) is 0 Å². The van der Waals surface area contributed by atoms with Gasteiger partial charge in [0.1, 0.15) is 5.82 Å². The Hall–Kier alpha value is -4.30. The fraction of sp³-hybridized carbons (Fsp3) is 0.385. The molecular formula is C26H30N4O9S. The molecule has 0 amide bonds. The van der Waals surface area contributed by atoms with Crippen LogP contribution in [0.4, 0.5) is 11.5 Å². The molecule has 214 valence electrons. The molecule has 1 saturated heterocycles. The number of thiocarbonyl (C=S) groups is 1. The molecule has 1 aliphatic rings. The average molecular weight is 575 g/mol. The summed E-state index contributed by atoms with van der Waals surface area (Å²) in [6, 6.07) is 11.3. The molecule has 0 spiro atoms. The number of nitrogens with one attached hydrogen (secondary N) is 1. The van der Waals surface area contributed by atoms with E-state index in [1.807, 2.05) is 30.3 Å². The number of esters is 4. The molecule has 13 nitrogen and oxygen atoms in total. The van der Waals surface area contributed by atoms with Gasteiger partial charge in [0, 0.05) is 39.6 Å². The van der Waals surface area contributed by atoms with E-state index in [1.165, 1.54) is 4.90 Å². The van der Waals surface area contributed by atoms with Gasteiger partial charge in [0.2, 0.25) is 0 Å². The highest BCUT2D eigenvalue weighted by Crippen LogP contribution is 2.30. The fourth-order valence-electron chi connectivity index (χ4n) is 4.08. The van der Waals surface area contributed by atoms with Crippen LogP contribution in [0.3, 0.4) is 0 Å². The van der Waals surface area contributed by atoms with E-state index in [0.29, 0.717) is 5.69 Å². The van der Waals surface area contributed by atoms with Crippen molar-refractivity contribution < 1.29 is 42.9 Å². The normalized spacial score (nSPS) is 21.9. The molecule has 3 rings (SSSR count). The van der Waals surface area contributed by atoms with E-state index in [0.717, 1.165) is 39.0 Å². The molecule has 1 aromatic heterocycles. The number of methoxy groups -OCH3 is 1. The molecule has 2 heterocycles. The first kappa shape index (κ1) is 30.2. The molecule has 1 aliphatic heterocycles. The Morgan fingerprint density at radius 2 is 1.52 bits per heavy atom. The Bertz CT molecular complexity index is 1280. The molecule has 14 heteroatoms. The molecular weight excluding hydrogens is 544 g/mol. The van der Waals surface area contributed by atoms with Crippen LogP contribution in [0.15, 0.2) is 42.6 Å². The average Bonchev–Trinajstić information content (AvgIpc) is 2.90. The van der Waals surface area contributed by atoms with E-state index in [2.05, 4.69) is 10.3 Å². The number of nitrogen functional groups attached to an aromatic ring is 1. The Balaban J connectivity index is 1.97. The maximum absolute atomic E-state index is 12.6. The highest BCUT2D eigenvalue weighted by Gasteiger charge is 2.55. The third kappa shape index (κ3) is 7.21.